The molecule has 2 aromatic heterocycles. The van der Waals surface area contributed by atoms with Gasteiger partial charge in [-0.3, -0.25) is 19.6 Å². The SMILES string of the molecule is O=C(NC1(C(=O)NCc2ccc(Nc3ccc(F)cc3C(F)(F)F)cn2)CC1)c1ccc(C(F)(F)F)nc1. The molecule has 0 spiro atoms. The van der Waals surface area contributed by atoms with Crippen LogP contribution < -0.4 is 16.0 Å². The largest absolute Gasteiger partial charge is 0.433 e. The smallest absolute Gasteiger partial charge is 0.354 e. The molecule has 1 aliphatic carbocycles. The molecule has 2 amide bonds. The Morgan fingerprint density at radius 2 is 1.63 bits per heavy atom. The Bertz CT molecular complexity index is 1340. The Morgan fingerprint density at radius 3 is 2.18 bits per heavy atom. The number of amides is 2. The van der Waals surface area contributed by atoms with E-state index in [1.165, 1.54) is 18.3 Å². The van der Waals surface area contributed by atoms with Crippen molar-refractivity contribution >= 4 is 23.2 Å². The van der Waals surface area contributed by atoms with Crippen molar-refractivity contribution in [3.05, 3.63) is 83.2 Å². The Balaban J connectivity index is 1.34. The third-order valence-corrected chi connectivity index (χ3v) is 5.67. The Hall–Kier alpha value is -4.23. The quantitative estimate of drug-likeness (QED) is 0.367. The van der Waals surface area contributed by atoms with Crippen molar-refractivity contribution in [2.45, 2.75) is 37.3 Å². The van der Waals surface area contributed by atoms with Gasteiger partial charge in [-0.15, -0.1) is 0 Å². The zero-order valence-electron chi connectivity index (χ0n) is 19.2. The summed E-state index contributed by atoms with van der Waals surface area (Å²) in [7, 11) is 0. The summed E-state index contributed by atoms with van der Waals surface area (Å²) in [5.74, 6) is -2.32. The molecular weight excluding hydrogens is 523 g/mol. The van der Waals surface area contributed by atoms with Crippen LogP contribution in [0.2, 0.25) is 0 Å². The van der Waals surface area contributed by atoms with E-state index < -0.39 is 46.8 Å². The first-order valence-corrected chi connectivity index (χ1v) is 11.0. The second-order valence-electron chi connectivity index (χ2n) is 8.50. The van der Waals surface area contributed by atoms with Crippen LogP contribution in [-0.2, 0) is 23.7 Å². The van der Waals surface area contributed by atoms with Crippen molar-refractivity contribution in [3.63, 3.8) is 0 Å². The summed E-state index contributed by atoms with van der Waals surface area (Å²) in [6, 6.07) is 6.71. The second kappa shape index (κ2) is 9.91. The minimum absolute atomic E-state index is 0.0665. The fraction of sp³-hybridized carbons (Fsp3) is 0.250. The van der Waals surface area contributed by atoms with Crippen LogP contribution >= 0.6 is 0 Å². The van der Waals surface area contributed by atoms with Crippen molar-refractivity contribution < 1.29 is 40.3 Å². The topological polar surface area (TPSA) is 96.0 Å². The molecule has 200 valence electrons. The van der Waals surface area contributed by atoms with E-state index in [4.69, 9.17) is 0 Å². The van der Waals surface area contributed by atoms with Crippen molar-refractivity contribution in [2.24, 2.45) is 0 Å². The number of aromatic nitrogens is 2. The average molecular weight is 541 g/mol. The highest BCUT2D eigenvalue weighted by Crippen LogP contribution is 2.37. The van der Waals surface area contributed by atoms with E-state index in [-0.39, 0.29) is 23.5 Å². The summed E-state index contributed by atoms with van der Waals surface area (Å²) in [5.41, 5.74) is -3.52. The fourth-order valence-corrected chi connectivity index (χ4v) is 3.48. The number of carbonyl (C=O) groups excluding carboxylic acids is 2. The molecule has 0 radical (unpaired) electrons. The first kappa shape index (κ1) is 26.8. The number of alkyl halides is 6. The molecule has 2 heterocycles. The van der Waals surface area contributed by atoms with Crippen LogP contribution in [0.15, 0.2) is 54.9 Å². The van der Waals surface area contributed by atoms with Crippen LogP contribution in [-0.4, -0.2) is 27.3 Å². The highest BCUT2D eigenvalue weighted by Gasteiger charge is 2.51. The minimum atomic E-state index is -4.78. The van der Waals surface area contributed by atoms with E-state index in [1.807, 2.05) is 0 Å². The first-order chi connectivity index (χ1) is 17.8. The summed E-state index contributed by atoms with van der Waals surface area (Å²) >= 11 is 0. The van der Waals surface area contributed by atoms with E-state index in [0.29, 0.717) is 30.7 Å². The molecule has 0 aliphatic heterocycles. The molecule has 1 fully saturated rings. The lowest BCUT2D eigenvalue weighted by molar-refractivity contribution is -0.141. The molecule has 7 nitrogen and oxygen atoms in total. The van der Waals surface area contributed by atoms with E-state index in [9.17, 15) is 40.3 Å². The standard InChI is InChI=1S/C24H18F7N5O2/c25-14-2-5-18(17(9-14)23(26,27)28)35-16-4-3-15(32-12-16)11-34-21(38)22(7-8-22)36-20(37)13-1-6-19(33-10-13)24(29,30)31/h1-6,9-10,12,35H,7-8,11H2,(H,34,38)(H,36,37). The second-order valence-corrected chi connectivity index (χ2v) is 8.50. The van der Waals surface area contributed by atoms with Crippen molar-refractivity contribution in [1.29, 1.82) is 0 Å². The Labute approximate surface area is 210 Å². The number of rotatable bonds is 7. The number of anilines is 2. The molecule has 4 rings (SSSR count). The normalized spacial score (nSPS) is 14.5. The van der Waals surface area contributed by atoms with Gasteiger partial charge in [-0.1, -0.05) is 0 Å². The zero-order valence-corrected chi connectivity index (χ0v) is 19.2. The lowest BCUT2D eigenvalue weighted by Crippen LogP contribution is -2.48. The average Bonchev–Trinajstić information content (AvgIpc) is 3.64. The van der Waals surface area contributed by atoms with Gasteiger partial charge in [0.25, 0.3) is 5.91 Å². The molecular formula is C24H18F7N5O2. The molecule has 0 unspecified atom stereocenters. The maximum Gasteiger partial charge on any atom is 0.433 e. The van der Waals surface area contributed by atoms with Gasteiger partial charge in [0.2, 0.25) is 5.91 Å². The van der Waals surface area contributed by atoms with Crippen LogP contribution in [0.4, 0.5) is 42.1 Å². The Morgan fingerprint density at radius 1 is 0.895 bits per heavy atom. The number of hydrogen-bond acceptors (Lipinski definition) is 5. The maximum absolute atomic E-state index is 13.3. The number of nitrogens with one attached hydrogen (secondary N) is 3. The van der Waals surface area contributed by atoms with E-state index in [2.05, 4.69) is 25.9 Å². The molecule has 3 aromatic rings. The fourth-order valence-electron chi connectivity index (χ4n) is 3.48. The van der Waals surface area contributed by atoms with Gasteiger partial charge in [0.05, 0.1) is 40.9 Å². The van der Waals surface area contributed by atoms with Crippen LogP contribution in [0.25, 0.3) is 0 Å². The van der Waals surface area contributed by atoms with Gasteiger partial charge in [-0.25, -0.2) is 4.39 Å². The minimum Gasteiger partial charge on any atom is -0.354 e. The van der Waals surface area contributed by atoms with E-state index >= 15 is 0 Å². The third kappa shape index (κ3) is 6.18. The van der Waals surface area contributed by atoms with Gasteiger partial charge >= 0.3 is 12.4 Å². The predicted octanol–water partition coefficient (Wildman–Crippen LogP) is 4.98. The Kier molecular flexibility index (Phi) is 7.00. The van der Waals surface area contributed by atoms with Crippen LogP contribution in [0, 0.1) is 5.82 Å². The molecule has 1 aromatic carbocycles. The lowest BCUT2D eigenvalue weighted by Gasteiger charge is -2.17. The van der Waals surface area contributed by atoms with Gasteiger partial charge in [0, 0.05) is 6.20 Å². The molecule has 0 bridgehead atoms. The zero-order chi connectivity index (χ0) is 27.7. The molecule has 0 saturated heterocycles. The summed E-state index contributed by atoms with van der Waals surface area (Å²) < 4.78 is 90.7. The van der Waals surface area contributed by atoms with Gasteiger partial charge in [0.15, 0.2) is 0 Å². The van der Waals surface area contributed by atoms with Gasteiger partial charge in [0.1, 0.15) is 17.1 Å². The molecule has 38 heavy (non-hydrogen) atoms. The molecule has 3 N–H and O–H groups in total. The van der Waals surface area contributed by atoms with Gasteiger partial charge < -0.3 is 16.0 Å². The number of pyridine rings is 2. The molecule has 1 aliphatic rings. The third-order valence-electron chi connectivity index (χ3n) is 5.67. The van der Waals surface area contributed by atoms with Gasteiger partial charge in [-0.2, -0.15) is 26.3 Å². The summed E-state index contributed by atoms with van der Waals surface area (Å²) in [4.78, 5) is 32.4. The van der Waals surface area contributed by atoms with Crippen LogP contribution in [0.1, 0.15) is 40.2 Å². The predicted molar refractivity (Wildman–Crippen MR) is 119 cm³/mol. The monoisotopic (exact) mass is 541 g/mol. The molecule has 1 saturated carbocycles. The summed E-state index contributed by atoms with van der Waals surface area (Å²) in [6.07, 6.45) is -6.80. The van der Waals surface area contributed by atoms with E-state index in [1.54, 1.807) is 0 Å². The number of hydrogen-bond donors (Lipinski definition) is 3. The number of benzene rings is 1. The van der Waals surface area contributed by atoms with Crippen molar-refractivity contribution in [3.8, 4) is 0 Å². The highest BCUT2D eigenvalue weighted by molar-refractivity contribution is 6.00. The number of halogens is 7. The number of carbonyl (C=O) groups is 2. The van der Waals surface area contributed by atoms with E-state index in [0.717, 1.165) is 24.4 Å². The summed E-state index contributed by atoms with van der Waals surface area (Å²) in [5, 5.41) is 7.65. The highest BCUT2D eigenvalue weighted by atomic mass is 19.4. The van der Waals surface area contributed by atoms with Gasteiger partial charge in [-0.05, 0) is 55.3 Å². The van der Waals surface area contributed by atoms with Crippen LogP contribution in [0.5, 0.6) is 0 Å². The van der Waals surface area contributed by atoms with Crippen molar-refractivity contribution in [1.82, 2.24) is 20.6 Å². The maximum atomic E-state index is 13.3. The number of nitrogens with zero attached hydrogens (tertiary/aromatic N) is 2. The first-order valence-electron chi connectivity index (χ1n) is 11.0. The molecule has 0 atom stereocenters. The molecule has 14 heteroatoms. The summed E-state index contributed by atoms with van der Waals surface area (Å²) in [6.45, 7) is -0.0665. The lowest BCUT2D eigenvalue weighted by atomic mass is 10.1. The van der Waals surface area contributed by atoms with Crippen molar-refractivity contribution in [2.75, 3.05) is 5.32 Å². The van der Waals surface area contributed by atoms with Crippen LogP contribution in [0.3, 0.4) is 0 Å².